The number of benzene rings is 3. The highest BCUT2D eigenvalue weighted by Gasteiger charge is 2.31. The number of alkyl halides is 3. The number of methoxy groups -OCH3 is 1. The van der Waals surface area contributed by atoms with Crippen LogP contribution in [0.5, 0.6) is 5.75 Å². The number of hydrogen-bond donors (Lipinski definition) is 1. The summed E-state index contributed by atoms with van der Waals surface area (Å²) >= 11 is 0. The van der Waals surface area contributed by atoms with Crippen LogP contribution >= 0.6 is 0 Å². The van der Waals surface area contributed by atoms with Gasteiger partial charge in [0, 0.05) is 16.1 Å². The van der Waals surface area contributed by atoms with E-state index >= 15 is 0 Å². The van der Waals surface area contributed by atoms with Gasteiger partial charge in [-0.15, -0.1) is 0 Å². The van der Waals surface area contributed by atoms with Gasteiger partial charge in [0.15, 0.2) is 0 Å². The fourth-order valence-corrected chi connectivity index (χ4v) is 3.93. The maximum atomic E-state index is 12.9. The lowest BCUT2D eigenvalue weighted by atomic mass is 10.1. The molecule has 0 saturated heterocycles. The molecule has 0 fully saturated rings. The molecule has 158 valence electrons. The summed E-state index contributed by atoms with van der Waals surface area (Å²) in [6.45, 7) is 0. The quantitative estimate of drug-likeness (QED) is 0.600. The minimum atomic E-state index is -4.58. The van der Waals surface area contributed by atoms with E-state index in [1.54, 1.807) is 18.2 Å². The number of nitriles is 1. The van der Waals surface area contributed by atoms with Crippen LogP contribution in [0.25, 0.3) is 0 Å². The first-order chi connectivity index (χ1) is 14.7. The average Bonchev–Trinajstić information content (AvgIpc) is 2.78. The Morgan fingerprint density at radius 3 is 2.48 bits per heavy atom. The first-order valence-electron chi connectivity index (χ1n) is 8.81. The van der Waals surface area contributed by atoms with Crippen LogP contribution in [0.15, 0.2) is 76.5 Å². The van der Waals surface area contributed by atoms with Crippen LogP contribution in [0.2, 0.25) is 0 Å². The smallest absolute Gasteiger partial charge is 0.416 e. The molecule has 31 heavy (non-hydrogen) atoms. The van der Waals surface area contributed by atoms with Crippen molar-refractivity contribution in [1.29, 1.82) is 5.26 Å². The van der Waals surface area contributed by atoms with E-state index in [0.29, 0.717) is 11.3 Å². The Morgan fingerprint density at radius 2 is 1.81 bits per heavy atom. The maximum absolute atomic E-state index is 12.9. The van der Waals surface area contributed by atoms with Gasteiger partial charge in [0.25, 0.3) is 5.91 Å². The minimum Gasteiger partial charge on any atom is -0.497 e. The Hall–Kier alpha value is -3.64. The van der Waals surface area contributed by atoms with Crippen molar-refractivity contribution in [1.82, 2.24) is 0 Å². The Morgan fingerprint density at radius 1 is 1.06 bits per heavy atom. The Bertz CT molecular complexity index is 1200. The molecule has 3 aromatic rings. The Kier molecular flexibility index (Phi) is 6.42. The molecule has 0 spiro atoms. The molecule has 1 unspecified atom stereocenters. The maximum Gasteiger partial charge on any atom is 0.416 e. The van der Waals surface area contributed by atoms with Gasteiger partial charge in [-0.1, -0.05) is 12.1 Å². The van der Waals surface area contributed by atoms with Gasteiger partial charge in [-0.2, -0.15) is 18.4 Å². The van der Waals surface area contributed by atoms with Crippen LogP contribution in [0.4, 0.5) is 18.9 Å². The summed E-state index contributed by atoms with van der Waals surface area (Å²) in [5.74, 6) is 0.0479. The number of amides is 1. The number of anilines is 1. The lowest BCUT2D eigenvalue weighted by Crippen LogP contribution is -2.12. The topological polar surface area (TPSA) is 79.2 Å². The molecule has 0 aliphatic rings. The van der Waals surface area contributed by atoms with Crippen molar-refractivity contribution < 1.29 is 26.9 Å². The van der Waals surface area contributed by atoms with Gasteiger partial charge < -0.3 is 10.1 Å². The van der Waals surface area contributed by atoms with Gasteiger partial charge in [-0.3, -0.25) is 4.79 Å². The van der Waals surface area contributed by atoms with Crippen LogP contribution < -0.4 is 10.1 Å². The van der Waals surface area contributed by atoms with E-state index in [9.17, 15) is 27.4 Å². The number of ether oxygens (including phenoxy) is 1. The Labute approximate surface area is 178 Å². The molecule has 1 N–H and O–H groups in total. The van der Waals surface area contributed by atoms with Gasteiger partial charge in [-0.05, 0) is 54.6 Å². The van der Waals surface area contributed by atoms with Crippen molar-refractivity contribution in [3.8, 4) is 11.8 Å². The van der Waals surface area contributed by atoms with E-state index in [1.807, 2.05) is 6.07 Å². The fraction of sp³-hybridized carbons (Fsp3) is 0.0909. The molecule has 0 radical (unpaired) electrons. The molecule has 1 amide bonds. The van der Waals surface area contributed by atoms with Crippen LogP contribution in [-0.4, -0.2) is 17.2 Å². The number of carbonyl (C=O) groups is 1. The molecule has 9 heteroatoms. The van der Waals surface area contributed by atoms with Crippen molar-refractivity contribution in [2.24, 2.45) is 0 Å². The van der Waals surface area contributed by atoms with E-state index in [2.05, 4.69) is 5.32 Å². The summed E-state index contributed by atoms with van der Waals surface area (Å²) in [5.41, 5.74) is -0.359. The third kappa shape index (κ3) is 5.10. The van der Waals surface area contributed by atoms with Crippen molar-refractivity contribution in [2.75, 3.05) is 12.4 Å². The summed E-state index contributed by atoms with van der Waals surface area (Å²) < 4.78 is 56.7. The molecule has 0 heterocycles. The number of rotatable bonds is 5. The summed E-state index contributed by atoms with van der Waals surface area (Å²) in [7, 11) is -0.545. The predicted octanol–water partition coefficient (Wildman–Crippen LogP) is 5.00. The van der Waals surface area contributed by atoms with Gasteiger partial charge >= 0.3 is 6.18 Å². The molecular formula is C22H15F3N2O3S. The van der Waals surface area contributed by atoms with E-state index < -0.39 is 28.4 Å². The van der Waals surface area contributed by atoms with Crippen molar-refractivity contribution >= 4 is 22.4 Å². The average molecular weight is 444 g/mol. The predicted molar refractivity (Wildman–Crippen MR) is 108 cm³/mol. The number of hydrogen-bond acceptors (Lipinski definition) is 4. The highest BCUT2D eigenvalue weighted by molar-refractivity contribution is 7.85. The van der Waals surface area contributed by atoms with Crippen molar-refractivity contribution in [3.63, 3.8) is 0 Å². The summed E-state index contributed by atoms with van der Waals surface area (Å²) in [5, 5.41) is 12.1. The van der Waals surface area contributed by atoms with Gasteiger partial charge in [-0.25, -0.2) is 4.21 Å². The van der Waals surface area contributed by atoms with Crippen LogP contribution in [0.1, 0.15) is 21.5 Å². The minimum absolute atomic E-state index is 0.0285. The normalized spacial score (nSPS) is 12.0. The fourth-order valence-electron chi connectivity index (χ4n) is 2.74. The van der Waals surface area contributed by atoms with Gasteiger partial charge in [0.05, 0.1) is 33.9 Å². The molecule has 3 aromatic carbocycles. The SMILES string of the molecule is COc1cccc(C(=O)Nc2ccc(S(=O)c3cccc(C(F)(F)F)c3)c(C#N)c2)c1. The van der Waals surface area contributed by atoms with Gasteiger partial charge in [0.2, 0.25) is 0 Å². The molecule has 1 atom stereocenters. The molecule has 0 bridgehead atoms. The van der Waals surface area contributed by atoms with Crippen LogP contribution in [0.3, 0.4) is 0 Å². The van der Waals surface area contributed by atoms with E-state index in [4.69, 9.17) is 4.74 Å². The number of halogens is 3. The van der Waals surface area contributed by atoms with Gasteiger partial charge in [0.1, 0.15) is 11.8 Å². The number of nitrogens with one attached hydrogen (secondary N) is 1. The highest BCUT2D eigenvalue weighted by Crippen LogP contribution is 2.31. The second-order valence-electron chi connectivity index (χ2n) is 6.30. The lowest BCUT2D eigenvalue weighted by molar-refractivity contribution is -0.137. The number of carbonyl (C=O) groups excluding carboxylic acids is 1. The highest BCUT2D eigenvalue weighted by atomic mass is 32.2. The van der Waals surface area contributed by atoms with E-state index in [-0.39, 0.29) is 21.0 Å². The van der Waals surface area contributed by atoms with E-state index in [1.165, 1.54) is 37.4 Å². The second kappa shape index (κ2) is 9.02. The molecule has 5 nitrogen and oxygen atoms in total. The third-order valence-electron chi connectivity index (χ3n) is 4.26. The standard InChI is InChI=1S/C22H15F3N2O3S/c1-30-18-6-2-4-14(11-18)21(28)27-17-8-9-20(15(10-17)13-26)31(29)19-7-3-5-16(12-19)22(23,24)25/h2-12H,1H3,(H,27,28). The summed E-state index contributed by atoms with van der Waals surface area (Å²) in [4.78, 5) is 12.4. The second-order valence-corrected chi connectivity index (χ2v) is 7.75. The number of nitrogens with zero attached hydrogens (tertiary/aromatic N) is 1. The zero-order valence-corrected chi connectivity index (χ0v) is 16.9. The third-order valence-corrected chi connectivity index (χ3v) is 5.70. The lowest BCUT2D eigenvalue weighted by Gasteiger charge is -2.11. The molecule has 0 saturated carbocycles. The molecular weight excluding hydrogens is 429 g/mol. The molecule has 0 aliphatic heterocycles. The first kappa shape index (κ1) is 22.1. The summed E-state index contributed by atoms with van der Waals surface area (Å²) in [6, 6.07) is 16.5. The van der Waals surface area contributed by atoms with Crippen LogP contribution in [-0.2, 0) is 17.0 Å². The largest absolute Gasteiger partial charge is 0.497 e. The summed E-state index contributed by atoms with van der Waals surface area (Å²) in [6.07, 6.45) is -4.58. The molecule has 0 aromatic heterocycles. The molecule has 0 aliphatic carbocycles. The first-order valence-corrected chi connectivity index (χ1v) is 9.96. The van der Waals surface area contributed by atoms with Crippen LogP contribution in [0, 0.1) is 11.3 Å². The zero-order valence-electron chi connectivity index (χ0n) is 16.1. The monoisotopic (exact) mass is 444 g/mol. The van der Waals surface area contributed by atoms with E-state index in [0.717, 1.165) is 18.2 Å². The zero-order chi connectivity index (χ0) is 22.6. The molecule has 3 rings (SSSR count). The van der Waals surface area contributed by atoms with Crippen molar-refractivity contribution in [3.05, 3.63) is 83.4 Å². The Balaban J connectivity index is 1.87. The van der Waals surface area contributed by atoms with Crippen molar-refractivity contribution in [2.45, 2.75) is 16.0 Å².